The van der Waals surface area contributed by atoms with Crippen LogP contribution in [-0.4, -0.2) is 24.8 Å². The van der Waals surface area contributed by atoms with Gasteiger partial charge in [-0.3, -0.25) is 4.79 Å². The fraction of sp³-hybridized carbons (Fsp3) is 0.800. The van der Waals surface area contributed by atoms with Crippen LogP contribution in [0.15, 0.2) is 0 Å². The van der Waals surface area contributed by atoms with Crippen molar-refractivity contribution in [2.75, 3.05) is 13.2 Å². The molecule has 0 aromatic carbocycles. The maximum atomic E-state index is 9.58. The third-order valence-corrected chi connectivity index (χ3v) is 0.921. The van der Waals surface area contributed by atoms with Gasteiger partial charge in [0.1, 0.15) is 0 Å². The van der Waals surface area contributed by atoms with Gasteiger partial charge in [0.05, 0.1) is 13.2 Å². The second-order valence-electron chi connectivity index (χ2n) is 1.73. The summed E-state index contributed by atoms with van der Waals surface area (Å²) >= 11 is 0. The van der Waals surface area contributed by atoms with E-state index in [2.05, 4.69) is 9.57 Å². The minimum Gasteiger partial charge on any atom is -0.468 e. The Kier molecular flexibility index (Phi) is 5.96. The number of ether oxygens (including phenoxy) is 1. The van der Waals surface area contributed by atoms with Crippen LogP contribution in [0.3, 0.4) is 0 Å². The summed E-state index contributed by atoms with van der Waals surface area (Å²) < 4.78 is 4.33. The molecular formula is C5H9NO5. The average molecular weight is 163 g/mol. The van der Waals surface area contributed by atoms with Crippen LogP contribution in [0.5, 0.6) is 0 Å². The molecule has 0 saturated heterocycles. The molecule has 0 spiro atoms. The quantitative estimate of drug-likeness (QED) is 0.231. The van der Waals surface area contributed by atoms with Gasteiger partial charge in [-0.25, -0.2) is 0 Å². The molecule has 0 N–H and O–H groups in total. The van der Waals surface area contributed by atoms with E-state index in [9.17, 15) is 14.9 Å². The predicted molar refractivity (Wildman–Crippen MR) is 34.2 cm³/mol. The third kappa shape index (κ3) is 8.67. The fourth-order valence-corrected chi connectivity index (χ4v) is 0.475. The molecule has 0 aliphatic heterocycles. The summed E-state index contributed by atoms with van der Waals surface area (Å²) in [4.78, 5) is 23.2. The topological polar surface area (TPSA) is 78.7 Å². The first-order valence-electron chi connectivity index (χ1n) is 3.10. The van der Waals surface area contributed by atoms with Crippen molar-refractivity contribution in [1.82, 2.24) is 0 Å². The Bertz CT molecular complexity index is 126. The molecule has 0 fully saturated rings. The Morgan fingerprint density at radius 1 is 1.36 bits per heavy atom. The largest absolute Gasteiger partial charge is 0.468 e. The van der Waals surface area contributed by atoms with Crippen LogP contribution in [0, 0.1) is 10.1 Å². The van der Waals surface area contributed by atoms with Crippen LogP contribution in [0.4, 0.5) is 0 Å². The summed E-state index contributed by atoms with van der Waals surface area (Å²) in [5.41, 5.74) is 0. The number of hydrogen-bond acceptors (Lipinski definition) is 5. The van der Waals surface area contributed by atoms with Crippen molar-refractivity contribution < 1.29 is 19.5 Å². The van der Waals surface area contributed by atoms with Crippen LogP contribution < -0.4 is 0 Å². The van der Waals surface area contributed by atoms with E-state index in [4.69, 9.17) is 0 Å². The van der Waals surface area contributed by atoms with E-state index in [1.54, 1.807) is 0 Å². The predicted octanol–water partition coefficient (Wildman–Crippen LogP) is 0.148. The average Bonchev–Trinajstić information content (AvgIpc) is 1.96. The first kappa shape index (κ1) is 9.67. The summed E-state index contributed by atoms with van der Waals surface area (Å²) in [5.74, 6) is 0. The molecule has 0 radical (unpaired) electrons. The van der Waals surface area contributed by atoms with Crippen LogP contribution in [0.2, 0.25) is 0 Å². The minimum atomic E-state index is -0.847. The molecule has 6 heteroatoms. The van der Waals surface area contributed by atoms with Gasteiger partial charge in [-0.2, -0.15) is 0 Å². The number of nitrogens with zero attached hydrogens (tertiary/aromatic N) is 1. The number of unbranched alkanes of at least 4 members (excludes halogenated alkanes) is 1. The molecule has 0 aliphatic carbocycles. The molecule has 0 atom stereocenters. The van der Waals surface area contributed by atoms with E-state index in [1.807, 2.05) is 0 Å². The first-order valence-corrected chi connectivity index (χ1v) is 3.10. The zero-order valence-corrected chi connectivity index (χ0v) is 5.89. The van der Waals surface area contributed by atoms with E-state index >= 15 is 0 Å². The second-order valence-corrected chi connectivity index (χ2v) is 1.73. The van der Waals surface area contributed by atoms with Crippen molar-refractivity contribution >= 4 is 6.47 Å². The smallest absolute Gasteiger partial charge is 0.294 e. The van der Waals surface area contributed by atoms with Gasteiger partial charge >= 0.3 is 0 Å². The number of carbonyl (C=O) groups is 1. The first-order chi connectivity index (χ1) is 5.27. The lowest BCUT2D eigenvalue weighted by Gasteiger charge is -1.97. The van der Waals surface area contributed by atoms with Crippen LogP contribution in [-0.2, 0) is 14.4 Å². The monoisotopic (exact) mass is 163 g/mol. The van der Waals surface area contributed by atoms with Gasteiger partial charge in [0, 0.05) is 0 Å². The Balaban J connectivity index is 2.90. The highest BCUT2D eigenvalue weighted by molar-refractivity contribution is 5.36. The van der Waals surface area contributed by atoms with Crippen LogP contribution in [0.1, 0.15) is 12.8 Å². The van der Waals surface area contributed by atoms with Gasteiger partial charge < -0.3 is 9.57 Å². The molecule has 0 heterocycles. The van der Waals surface area contributed by atoms with Crippen molar-refractivity contribution in [1.29, 1.82) is 0 Å². The lowest BCUT2D eigenvalue weighted by Crippen LogP contribution is -2.03. The number of carbonyl (C=O) groups excluding carboxylic acids is 1. The maximum absolute atomic E-state index is 9.58. The Morgan fingerprint density at radius 3 is 2.55 bits per heavy atom. The normalized spacial score (nSPS) is 8.73. The second kappa shape index (κ2) is 6.79. The van der Waals surface area contributed by atoms with E-state index in [1.165, 1.54) is 0 Å². The van der Waals surface area contributed by atoms with Crippen LogP contribution >= 0.6 is 0 Å². The highest BCUT2D eigenvalue weighted by atomic mass is 16.9. The molecule has 11 heavy (non-hydrogen) atoms. The molecule has 64 valence electrons. The van der Waals surface area contributed by atoms with Gasteiger partial charge in [0.2, 0.25) is 0 Å². The SMILES string of the molecule is O=COCCCCO[N+](=O)[O-]. The molecule has 0 aromatic heterocycles. The molecule has 0 amide bonds. The Labute approximate surface area is 63.2 Å². The number of rotatable bonds is 7. The summed E-state index contributed by atoms with van der Waals surface area (Å²) in [7, 11) is 0. The molecule has 0 unspecified atom stereocenters. The van der Waals surface area contributed by atoms with Gasteiger partial charge in [-0.15, -0.1) is 10.1 Å². The van der Waals surface area contributed by atoms with Gasteiger partial charge in [-0.05, 0) is 12.8 Å². The zero-order chi connectivity index (χ0) is 8.53. The lowest BCUT2D eigenvalue weighted by molar-refractivity contribution is -0.757. The maximum Gasteiger partial charge on any atom is 0.294 e. The third-order valence-electron chi connectivity index (χ3n) is 0.921. The van der Waals surface area contributed by atoms with E-state index < -0.39 is 5.09 Å². The molecule has 0 rings (SSSR count). The van der Waals surface area contributed by atoms with E-state index in [0.717, 1.165) is 0 Å². The molecule has 0 saturated carbocycles. The molecule has 6 nitrogen and oxygen atoms in total. The van der Waals surface area contributed by atoms with Gasteiger partial charge in [-0.1, -0.05) is 0 Å². The van der Waals surface area contributed by atoms with E-state index in [0.29, 0.717) is 19.3 Å². The summed E-state index contributed by atoms with van der Waals surface area (Å²) in [6.07, 6.45) is 1.08. The molecule has 0 aromatic rings. The molecule has 0 bridgehead atoms. The summed E-state index contributed by atoms with van der Waals surface area (Å²) in [6, 6.07) is 0. The summed E-state index contributed by atoms with van der Waals surface area (Å²) in [6.45, 7) is 0.675. The van der Waals surface area contributed by atoms with Gasteiger partial charge in [0.25, 0.3) is 11.6 Å². The Morgan fingerprint density at radius 2 is 2.00 bits per heavy atom. The summed E-state index contributed by atoms with van der Waals surface area (Å²) in [5, 5.41) is 8.74. The standard InChI is InChI=1S/C5H9NO5/c7-5-10-3-1-2-4-11-6(8)9/h5H,1-4H2. The molecule has 0 aliphatic rings. The fourth-order valence-electron chi connectivity index (χ4n) is 0.475. The van der Waals surface area contributed by atoms with Crippen molar-refractivity contribution in [2.45, 2.75) is 12.8 Å². The van der Waals surface area contributed by atoms with Gasteiger partial charge in [0.15, 0.2) is 0 Å². The highest BCUT2D eigenvalue weighted by Gasteiger charge is 1.93. The van der Waals surface area contributed by atoms with Crippen LogP contribution in [0.25, 0.3) is 0 Å². The zero-order valence-electron chi connectivity index (χ0n) is 5.89. The van der Waals surface area contributed by atoms with Crippen molar-refractivity contribution in [3.8, 4) is 0 Å². The lowest BCUT2D eigenvalue weighted by atomic mass is 10.3. The van der Waals surface area contributed by atoms with Crippen molar-refractivity contribution in [3.05, 3.63) is 10.1 Å². The van der Waals surface area contributed by atoms with Crippen molar-refractivity contribution in [3.63, 3.8) is 0 Å². The molecular weight excluding hydrogens is 154 g/mol. The van der Waals surface area contributed by atoms with E-state index in [-0.39, 0.29) is 13.2 Å². The highest BCUT2D eigenvalue weighted by Crippen LogP contribution is 1.89. The minimum absolute atomic E-state index is 0.0508. The Hall–Kier alpha value is -1.33. The van der Waals surface area contributed by atoms with Crippen molar-refractivity contribution in [2.24, 2.45) is 0 Å². The number of hydrogen-bond donors (Lipinski definition) is 0.